The standard InChI is InChI=1S/C17H19N3O/c1-20(2)16-5-3-4-15(10-16)19-12-17(21)14-8-6-13(11-18)7-9-14/h3-10,17,19,21H,12H2,1-2H3. The van der Waals surface area contributed by atoms with E-state index >= 15 is 0 Å². The second-order valence-corrected chi connectivity index (χ2v) is 5.08. The topological polar surface area (TPSA) is 59.3 Å². The average Bonchev–Trinajstić information content (AvgIpc) is 2.53. The number of nitrogens with one attached hydrogen (secondary N) is 1. The van der Waals surface area contributed by atoms with Crippen molar-refractivity contribution in [3.05, 3.63) is 59.7 Å². The quantitative estimate of drug-likeness (QED) is 0.884. The molecule has 0 amide bonds. The average molecular weight is 281 g/mol. The van der Waals surface area contributed by atoms with Gasteiger partial charge >= 0.3 is 0 Å². The van der Waals surface area contributed by atoms with Crippen molar-refractivity contribution in [2.75, 3.05) is 30.9 Å². The number of rotatable bonds is 5. The molecule has 0 aliphatic heterocycles. The second-order valence-electron chi connectivity index (χ2n) is 5.08. The SMILES string of the molecule is CN(C)c1cccc(NCC(O)c2ccc(C#N)cc2)c1. The van der Waals surface area contributed by atoms with Crippen LogP contribution in [0.25, 0.3) is 0 Å². The number of aliphatic hydroxyl groups excluding tert-OH is 1. The molecule has 0 saturated carbocycles. The molecule has 108 valence electrons. The van der Waals surface area contributed by atoms with Crippen LogP contribution in [0.4, 0.5) is 11.4 Å². The Hall–Kier alpha value is -2.51. The highest BCUT2D eigenvalue weighted by Gasteiger charge is 2.07. The first-order valence-corrected chi connectivity index (χ1v) is 6.79. The zero-order chi connectivity index (χ0) is 15.2. The molecule has 0 aromatic heterocycles. The summed E-state index contributed by atoms with van der Waals surface area (Å²) in [4.78, 5) is 2.03. The predicted octanol–water partition coefficient (Wildman–Crippen LogP) is 2.77. The number of nitriles is 1. The third-order valence-corrected chi connectivity index (χ3v) is 3.29. The lowest BCUT2D eigenvalue weighted by Gasteiger charge is -2.16. The van der Waals surface area contributed by atoms with E-state index in [4.69, 9.17) is 5.26 Å². The Bertz CT molecular complexity index is 629. The smallest absolute Gasteiger partial charge is 0.0991 e. The maximum absolute atomic E-state index is 10.2. The Morgan fingerprint density at radius 1 is 1.19 bits per heavy atom. The Morgan fingerprint density at radius 2 is 1.90 bits per heavy atom. The maximum atomic E-state index is 10.2. The molecule has 0 spiro atoms. The molecule has 2 aromatic carbocycles. The van der Waals surface area contributed by atoms with Crippen LogP contribution in [0, 0.1) is 11.3 Å². The first kappa shape index (κ1) is 14.9. The Kier molecular flexibility index (Phi) is 4.81. The van der Waals surface area contributed by atoms with Gasteiger partial charge in [-0.2, -0.15) is 5.26 Å². The van der Waals surface area contributed by atoms with Crippen LogP contribution in [-0.4, -0.2) is 25.7 Å². The molecule has 0 heterocycles. The Labute approximate surface area is 125 Å². The van der Waals surface area contributed by atoms with Crippen LogP contribution in [-0.2, 0) is 0 Å². The minimum absolute atomic E-state index is 0.419. The fourth-order valence-electron chi connectivity index (χ4n) is 2.01. The number of aliphatic hydroxyl groups is 1. The van der Waals surface area contributed by atoms with Gasteiger partial charge in [0.15, 0.2) is 0 Å². The van der Waals surface area contributed by atoms with Crippen molar-refractivity contribution in [2.24, 2.45) is 0 Å². The van der Waals surface area contributed by atoms with Crippen LogP contribution >= 0.6 is 0 Å². The van der Waals surface area contributed by atoms with Crippen LogP contribution in [0.1, 0.15) is 17.2 Å². The van der Waals surface area contributed by atoms with Gasteiger partial charge in [0, 0.05) is 32.0 Å². The first-order chi connectivity index (χ1) is 10.1. The maximum Gasteiger partial charge on any atom is 0.0991 e. The second kappa shape index (κ2) is 6.78. The molecule has 2 rings (SSSR count). The fraction of sp³-hybridized carbons (Fsp3) is 0.235. The highest BCUT2D eigenvalue weighted by Crippen LogP contribution is 2.19. The third-order valence-electron chi connectivity index (χ3n) is 3.29. The lowest BCUT2D eigenvalue weighted by molar-refractivity contribution is 0.191. The van der Waals surface area contributed by atoms with Crippen molar-refractivity contribution >= 4 is 11.4 Å². The molecule has 1 atom stereocenters. The molecule has 2 N–H and O–H groups in total. The van der Waals surface area contributed by atoms with Gasteiger partial charge in [-0.05, 0) is 35.9 Å². The van der Waals surface area contributed by atoms with E-state index in [0.717, 1.165) is 16.9 Å². The molecule has 1 unspecified atom stereocenters. The van der Waals surface area contributed by atoms with E-state index < -0.39 is 6.10 Å². The summed E-state index contributed by atoms with van der Waals surface area (Å²) in [5.74, 6) is 0. The van der Waals surface area contributed by atoms with E-state index in [-0.39, 0.29) is 0 Å². The third kappa shape index (κ3) is 3.98. The molecule has 0 fully saturated rings. The molecule has 0 aliphatic carbocycles. The number of anilines is 2. The van der Waals surface area contributed by atoms with Crippen molar-refractivity contribution in [1.82, 2.24) is 0 Å². The molecular formula is C17H19N3O. The molecule has 21 heavy (non-hydrogen) atoms. The van der Waals surface area contributed by atoms with Crippen molar-refractivity contribution in [3.8, 4) is 6.07 Å². The zero-order valence-corrected chi connectivity index (χ0v) is 12.2. The molecule has 0 radical (unpaired) electrons. The fourth-order valence-corrected chi connectivity index (χ4v) is 2.01. The van der Waals surface area contributed by atoms with Crippen LogP contribution in [0.5, 0.6) is 0 Å². The molecule has 0 bridgehead atoms. The van der Waals surface area contributed by atoms with Crippen molar-refractivity contribution < 1.29 is 5.11 Å². The van der Waals surface area contributed by atoms with Crippen molar-refractivity contribution in [3.63, 3.8) is 0 Å². The number of benzene rings is 2. The number of hydrogen-bond acceptors (Lipinski definition) is 4. The summed E-state index contributed by atoms with van der Waals surface area (Å²) in [6.45, 7) is 0.419. The molecule has 2 aromatic rings. The van der Waals surface area contributed by atoms with Crippen LogP contribution in [0.3, 0.4) is 0 Å². The lowest BCUT2D eigenvalue weighted by Crippen LogP contribution is -2.13. The minimum atomic E-state index is -0.610. The number of hydrogen-bond donors (Lipinski definition) is 2. The molecule has 0 aliphatic rings. The predicted molar refractivity (Wildman–Crippen MR) is 85.4 cm³/mol. The molecule has 0 saturated heterocycles. The summed E-state index contributed by atoms with van der Waals surface area (Å²) in [7, 11) is 3.98. The van der Waals surface area contributed by atoms with E-state index in [1.807, 2.05) is 43.3 Å². The summed E-state index contributed by atoms with van der Waals surface area (Å²) < 4.78 is 0. The van der Waals surface area contributed by atoms with Gasteiger partial charge in [0.1, 0.15) is 0 Å². The van der Waals surface area contributed by atoms with Gasteiger partial charge in [-0.15, -0.1) is 0 Å². The monoisotopic (exact) mass is 281 g/mol. The van der Waals surface area contributed by atoms with Gasteiger partial charge in [-0.1, -0.05) is 18.2 Å². The Balaban J connectivity index is 1.98. The van der Waals surface area contributed by atoms with Gasteiger partial charge < -0.3 is 15.3 Å². The highest BCUT2D eigenvalue weighted by atomic mass is 16.3. The van der Waals surface area contributed by atoms with Crippen molar-refractivity contribution in [1.29, 1.82) is 5.26 Å². The van der Waals surface area contributed by atoms with Gasteiger partial charge in [0.2, 0.25) is 0 Å². The van der Waals surface area contributed by atoms with E-state index in [0.29, 0.717) is 12.1 Å². The van der Waals surface area contributed by atoms with E-state index in [1.165, 1.54) is 0 Å². The minimum Gasteiger partial charge on any atom is -0.387 e. The van der Waals surface area contributed by atoms with Crippen LogP contribution in [0.2, 0.25) is 0 Å². The summed E-state index contributed by atoms with van der Waals surface area (Å²) in [6, 6.07) is 17.1. The molecule has 4 heteroatoms. The van der Waals surface area contributed by atoms with Crippen LogP contribution in [0.15, 0.2) is 48.5 Å². The van der Waals surface area contributed by atoms with E-state index in [1.54, 1.807) is 24.3 Å². The van der Waals surface area contributed by atoms with Gasteiger partial charge in [-0.3, -0.25) is 0 Å². The normalized spacial score (nSPS) is 11.5. The summed E-state index contributed by atoms with van der Waals surface area (Å²) in [5.41, 5.74) is 3.46. The van der Waals surface area contributed by atoms with Gasteiger partial charge in [0.05, 0.1) is 17.7 Å². The van der Waals surface area contributed by atoms with Crippen molar-refractivity contribution in [2.45, 2.75) is 6.10 Å². The van der Waals surface area contributed by atoms with E-state index in [2.05, 4.69) is 11.4 Å². The summed E-state index contributed by atoms with van der Waals surface area (Å²) >= 11 is 0. The molecular weight excluding hydrogens is 262 g/mol. The lowest BCUT2D eigenvalue weighted by atomic mass is 10.1. The first-order valence-electron chi connectivity index (χ1n) is 6.79. The van der Waals surface area contributed by atoms with Gasteiger partial charge in [-0.25, -0.2) is 0 Å². The zero-order valence-electron chi connectivity index (χ0n) is 12.2. The largest absolute Gasteiger partial charge is 0.387 e. The Morgan fingerprint density at radius 3 is 2.52 bits per heavy atom. The number of nitrogens with zero attached hydrogens (tertiary/aromatic N) is 2. The highest BCUT2D eigenvalue weighted by molar-refractivity contribution is 5.57. The van der Waals surface area contributed by atoms with Gasteiger partial charge in [0.25, 0.3) is 0 Å². The molecule has 4 nitrogen and oxygen atoms in total. The summed E-state index contributed by atoms with van der Waals surface area (Å²) in [6.07, 6.45) is -0.610. The van der Waals surface area contributed by atoms with Crippen LogP contribution < -0.4 is 10.2 Å². The van der Waals surface area contributed by atoms with E-state index in [9.17, 15) is 5.11 Å². The summed E-state index contributed by atoms with van der Waals surface area (Å²) in [5, 5.41) is 22.2.